The highest BCUT2D eigenvalue weighted by molar-refractivity contribution is 7.99. The summed E-state index contributed by atoms with van der Waals surface area (Å²) in [6.07, 6.45) is 0.158. The number of halogens is 1. The maximum absolute atomic E-state index is 12.8. The number of hydrogen-bond donors (Lipinski definition) is 1. The van der Waals surface area contributed by atoms with Gasteiger partial charge < -0.3 is 14.8 Å². The number of anilines is 1. The van der Waals surface area contributed by atoms with E-state index in [1.807, 2.05) is 6.92 Å². The van der Waals surface area contributed by atoms with Crippen molar-refractivity contribution in [3.63, 3.8) is 0 Å². The van der Waals surface area contributed by atoms with E-state index in [0.29, 0.717) is 23.8 Å². The third-order valence-electron chi connectivity index (χ3n) is 3.21. The lowest BCUT2D eigenvalue weighted by molar-refractivity contribution is -0.146. The number of carbonyl (C=O) groups is 2. The number of para-hydroxylation sites is 2. The molecule has 0 spiro atoms. The van der Waals surface area contributed by atoms with Crippen LogP contribution in [-0.4, -0.2) is 30.8 Å². The van der Waals surface area contributed by atoms with Gasteiger partial charge in [-0.25, -0.2) is 4.39 Å². The summed E-state index contributed by atoms with van der Waals surface area (Å²) in [7, 11) is 0. The molecule has 0 heterocycles. The number of benzene rings is 2. The first kappa shape index (κ1) is 19.8. The minimum absolute atomic E-state index is 0.158. The van der Waals surface area contributed by atoms with Crippen LogP contribution < -0.4 is 10.1 Å². The molecule has 26 heavy (non-hydrogen) atoms. The zero-order chi connectivity index (χ0) is 18.8. The molecule has 0 saturated heterocycles. The standard InChI is InChI=1S/C19H20FNO4S/c1-2-24-17-6-4-3-5-16(17)21-18(22)13-25-19(23)11-12-26-15-9-7-14(20)8-10-15/h3-10H,2,11-13H2,1H3,(H,21,22). The first-order chi connectivity index (χ1) is 12.6. The van der Waals surface area contributed by atoms with Crippen molar-refractivity contribution in [2.24, 2.45) is 0 Å². The Kier molecular flexibility index (Phi) is 7.95. The van der Waals surface area contributed by atoms with Crippen molar-refractivity contribution < 1.29 is 23.5 Å². The molecular weight excluding hydrogens is 357 g/mol. The van der Waals surface area contributed by atoms with E-state index in [0.717, 1.165) is 4.90 Å². The Hall–Kier alpha value is -2.54. The third kappa shape index (κ3) is 6.76. The average Bonchev–Trinajstić information content (AvgIpc) is 2.63. The van der Waals surface area contributed by atoms with Gasteiger partial charge in [-0.05, 0) is 43.3 Å². The van der Waals surface area contributed by atoms with E-state index in [1.54, 1.807) is 36.4 Å². The molecule has 2 rings (SSSR count). The molecular formula is C19H20FNO4S. The number of nitrogens with one attached hydrogen (secondary N) is 1. The number of thioether (sulfide) groups is 1. The second-order valence-corrected chi connectivity index (χ2v) is 6.36. The fraction of sp³-hybridized carbons (Fsp3) is 0.263. The van der Waals surface area contributed by atoms with Crippen LogP contribution in [0.4, 0.5) is 10.1 Å². The predicted molar refractivity (Wildman–Crippen MR) is 98.9 cm³/mol. The molecule has 5 nitrogen and oxygen atoms in total. The van der Waals surface area contributed by atoms with E-state index in [2.05, 4.69) is 5.32 Å². The smallest absolute Gasteiger partial charge is 0.307 e. The molecule has 0 bridgehead atoms. The van der Waals surface area contributed by atoms with Crippen molar-refractivity contribution >= 4 is 29.3 Å². The summed E-state index contributed by atoms with van der Waals surface area (Å²) in [5, 5.41) is 2.66. The fourth-order valence-electron chi connectivity index (χ4n) is 2.04. The highest BCUT2D eigenvalue weighted by Crippen LogP contribution is 2.23. The van der Waals surface area contributed by atoms with Gasteiger partial charge in [-0.15, -0.1) is 11.8 Å². The van der Waals surface area contributed by atoms with Crippen molar-refractivity contribution in [3.8, 4) is 5.75 Å². The normalized spacial score (nSPS) is 10.2. The first-order valence-corrected chi connectivity index (χ1v) is 9.12. The fourth-order valence-corrected chi connectivity index (χ4v) is 2.87. The summed E-state index contributed by atoms with van der Waals surface area (Å²) in [4.78, 5) is 24.5. The van der Waals surface area contributed by atoms with Crippen molar-refractivity contribution in [1.82, 2.24) is 0 Å². The van der Waals surface area contributed by atoms with E-state index < -0.39 is 11.9 Å². The highest BCUT2D eigenvalue weighted by Gasteiger charge is 2.10. The predicted octanol–water partition coefficient (Wildman–Crippen LogP) is 3.89. The van der Waals surface area contributed by atoms with Crippen molar-refractivity contribution in [3.05, 3.63) is 54.3 Å². The van der Waals surface area contributed by atoms with E-state index in [-0.39, 0.29) is 18.8 Å². The second kappa shape index (κ2) is 10.5. The molecule has 0 aliphatic rings. The number of amides is 1. The monoisotopic (exact) mass is 377 g/mol. The van der Waals surface area contributed by atoms with Crippen LogP contribution in [0, 0.1) is 5.82 Å². The maximum atomic E-state index is 12.8. The molecule has 0 unspecified atom stereocenters. The number of hydrogen-bond acceptors (Lipinski definition) is 5. The van der Waals surface area contributed by atoms with Crippen molar-refractivity contribution in [2.45, 2.75) is 18.2 Å². The molecule has 0 fully saturated rings. The quantitative estimate of drug-likeness (QED) is 0.531. The SMILES string of the molecule is CCOc1ccccc1NC(=O)COC(=O)CCSc1ccc(F)cc1. The second-order valence-electron chi connectivity index (χ2n) is 5.19. The minimum atomic E-state index is -0.465. The summed E-state index contributed by atoms with van der Waals surface area (Å²) in [5.74, 6) is -0.153. The van der Waals surface area contributed by atoms with Gasteiger partial charge in [0.05, 0.1) is 18.7 Å². The molecule has 0 aromatic heterocycles. The van der Waals surface area contributed by atoms with Gasteiger partial charge in [-0.2, -0.15) is 0 Å². The highest BCUT2D eigenvalue weighted by atomic mass is 32.2. The molecule has 7 heteroatoms. The maximum Gasteiger partial charge on any atom is 0.307 e. The zero-order valence-corrected chi connectivity index (χ0v) is 15.2. The van der Waals surface area contributed by atoms with E-state index in [4.69, 9.17) is 9.47 Å². The van der Waals surface area contributed by atoms with Gasteiger partial charge in [0, 0.05) is 10.6 Å². The van der Waals surface area contributed by atoms with Crippen LogP contribution in [0.25, 0.3) is 0 Å². The Morgan fingerprint density at radius 3 is 2.58 bits per heavy atom. The summed E-state index contributed by atoms with van der Waals surface area (Å²) >= 11 is 1.42. The van der Waals surface area contributed by atoms with Crippen LogP contribution in [0.5, 0.6) is 5.75 Å². The van der Waals surface area contributed by atoms with Crippen molar-refractivity contribution in [2.75, 3.05) is 24.3 Å². The van der Waals surface area contributed by atoms with Crippen molar-refractivity contribution in [1.29, 1.82) is 0 Å². The summed E-state index contributed by atoms with van der Waals surface area (Å²) in [5.41, 5.74) is 0.530. The van der Waals surface area contributed by atoms with Crippen LogP contribution in [0.15, 0.2) is 53.4 Å². The number of rotatable bonds is 9. The Labute approximate surface area is 155 Å². The summed E-state index contributed by atoms with van der Waals surface area (Å²) < 4.78 is 23.2. The van der Waals surface area contributed by atoms with Gasteiger partial charge >= 0.3 is 5.97 Å². The lowest BCUT2D eigenvalue weighted by Gasteiger charge is -2.11. The van der Waals surface area contributed by atoms with Gasteiger partial charge in [-0.1, -0.05) is 12.1 Å². The first-order valence-electron chi connectivity index (χ1n) is 8.14. The lowest BCUT2D eigenvalue weighted by atomic mass is 10.3. The van der Waals surface area contributed by atoms with Crippen LogP contribution in [0.3, 0.4) is 0 Å². The molecule has 2 aromatic carbocycles. The minimum Gasteiger partial charge on any atom is -0.492 e. The largest absolute Gasteiger partial charge is 0.492 e. The van der Waals surface area contributed by atoms with Crippen LogP contribution in [-0.2, 0) is 14.3 Å². The number of carbonyl (C=O) groups excluding carboxylic acids is 2. The zero-order valence-electron chi connectivity index (χ0n) is 14.4. The van der Waals surface area contributed by atoms with Crippen LogP contribution in [0.1, 0.15) is 13.3 Å². The molecule has 0 aliphatic carbocycles. The Bertz CT molecular complexity index is 737. The van der Waals surface area contributed by atoms with Gasteiger partial charge in [0.1, 0.15) is 11.6 Å². The molecule has 1 amide bonds. The third-order valence-corrected chi connectivity index (χ3v) is 4.23. The van der Waals surface area contributed by atoms with Gasteiger partial charge in [0.15, 0.2) is 6.61 Å². The molecule has 138 valence electrons. The van der Waals surface area contributed by atoms with E-state index in [9.17, 15) is 14.0 Å². The van der Waals surface area contributed by atoms with E-state index in [1.165, 1.54) is 23.9 Å². The Morgan fingerprint density at radius 1 is 1.12 bits per heavy atom. The molecule has 0 saturated carbocycles. The summed E-state index contributed by atoms with van der Waals surface area (Å²) in [6.45, 7) is 1.97. The molecule has 2 aromatic rings. The molecule has 0 aliphatic heterocycles. The number of ether oxygens (including phenoxy) is 2. The Morgan fingerprint density at radius 2 is 1.85 bits per heavy atom. The molecule has 0 atom stereocenters. The topological polar surface area (TPSA) is 64.6 Å². The lowest BCUT2D eigenvalue weighted by Crippen LogP contribution is -2.21. The van der Waals surface area contributed by atoms with Crippen LogP contribution >= 0.6 is 11.8 Å². The molecule has 0 radical (unpaired) electrons. The van der Waals surface area contributed by atoms with Gasteiger partial charge in [-0.3, -0.25) is 9.59 Å². The molecule has 1 N–H and O–H groups in total. The Balaban J connectivity index is 1.70. The van der Waals surface area contributed by atoms with E-state index >= 15 is 0 Å². The average molecular weight is 377 g/mol. The summed E-state index contributed by atoms with van der Waals surface area (Å²) in [6, 6.07) is 13.1. The van der Waals surface area contributed by atoms with Gasteiger partial charge in [0.25, 0.3) is 5.91 Å². The van der Waals surface area contributed by atoms with Gasteiger partial charge in [0.2, 0.25) is 0 Å². The van der Waals surface area contributed by atoms with Crippen LogP contribution in [0.2, 0.25) is 0 Å². The number of esters is 1.